The fourth-order valence-electron chi connectivity index (χ4n) is 2.52. The molecular formula is C19H19BrF2N4O3. The van der Waals surface area contributed by atoms with Crippen LogP contribution in [-0.4, -0.2) is 32.8 Å². The zero-order chi connectivity index (χ0) is 21.3. The summed E-state index contributed by atoms with van der Waals surface area (Å²) in [5, 5.41) is 11.9. The van der Waals surface area contributed by atoms with Crippen LogP contribution in [0.4, 0.5) is 20.2 Å². The lowest BCUT2D eigenvalue weighted by Crippen LogP contribution is -2.38. The molecule has 2 aromatic carbocycles. The van der Waals surface area contributed by atoms with Gasteiger partial charge in [0, 0.05) is 11.5 Å². The molecule has 1 amide bonds. The second kappa shape index (κ2) is 8.05. The summed E-state index contributed by atoms with van der Waals surface area (Å²) in [6, 6.07) is 5.63. The van der Waals surface area contributed by atoms with Gasteiger partial charge in [-0.05, 0) is 38.1 Å². The minimum absolute atomic E-state index is 0.0203. The molecule has 0 radical (unpaired) electrons. The number of aryl methyl sites for hydroxylation is 1. The van der Waals surface area contributed by atoms with Gasteiger partial charge >= 0.3 is 0 Å². The molecule has 0 saturated heterocycles. The first-order chi connectivity index (χ1) is 13.6. The molecule has 0 atom stereocenters. The summed E-state index contributed by atoms with van der Waals surface area (Å²) < 4.78 is 31.6. The van der Waals surface area contributed by atoms with Crippen molar-refractivity contribution in [2.24, 2.45) is 7.05 Å². The van der Waals surface area contributed by atoms with E-state index in [-0.39, 0.29) is 29.1 Å². The van der Waals surface area contributed by atoms with Crippen molar-refractivity contribution in [3.63, 3.8) is 0 Å². The molecule has 3 aromatic rings. The number of nitrogens with zero attached hydrogens (tertiary/aromatic N) is 2. The van der Waals surface area contributed by atoms with Crippen molar-refractivity contribution >= 4 is 44.2 Å². The second-order valence-corrected chi connectivity index (χ2v) is 7.95. The largest absolute Gasteiger partial charge is 0.393 e. The van der Waals surface area contributed by atoms with Crippen LogP contribution < -0.4 is 10.8 Å². The number of aromatic nitrogens is 2. The van der Waals surface area contributed by atoms with E-state index in [0.717, 1.165) is 0 Å². The highest BCUT2D eigenvalue weighted by Gasteiger charge is 2.25. The number of halogens is 3. The van der Waals surface area contributed by atoms with E-state index in [1.165, 1.54) is 24.5 Å². The third kappa shape index (κ3) is 4.39. The number of rotatable bonds is 6. The molecular weight excluding hydrogens is 450 g/mol. The Morgan fingerprint density at radius 1 is 1.34 bits per heavy atom. The Bertz CT molecular complexity index is 1080. The maximum Gasteiger partial charge on any atom is 0.277 e. The summed E-state index contributed by atoms with van der Waals surface area (Å²) in [5.74, 6) is -2.21. The summed E-state index contributed by atoms with van der Waals surface area (Å²) >= 11 is 3.16. The molecule has 0 aliphatic carbocycles. The number of nitrogens with one attached hydrogen (secondary N) is 2. The van der Waals surface area contributed by atoms with Gasteiger partial charge in [-0.25, -0.2) is 19.2 Å². The van der Waals surface area contributed by atoms with Crippen LogP contribution in [0.1, 0.15) is 24.2 Å². The van der Waals surface area contributed by atoms with Crippen molar-refractivity contribution in [1.82, 2.24) is 15.0 Å². The molecule has 10 heteroatoms. The highest BCUT2D eigenvalue weighted by molar-refractivity contribution is 9.10. The minimum Gasteiger partial charge on any atom is -0.393 e. The van der Waals surface area contributed by atoms with Gasteiger partial charge in [-0.2, -0.15) is 0 Å². The topological polar surface area (TPSA) is 88.4 Å². The zero-order valence-corrected chi connectivity index (χ0v) is 17.5. The first-order valence-corrected chi connectivity index (χ1v) is 9.37. The third-order valence-electron chi connectivity index (χ3n) is 4.20. The molecule has 0 bridgehead atoms. The Kier molecular flexibility index (Phi) is 5.87. The Hall–Kier alpha value is -2.56. The van der Waals surface area contributed by atoms with Crippen LogP contribution in [0.5, 0.6) is 0 Å². The van der Waals surface area contributed by atoms with Crippen LogP contribution in [0.25, 0.3) is 11.0 Å². The Morgan fingerprint density at radius 2 is 2.07 bits per heavy atom. The highest BCUT2D eigenvalue weighted by atomic mass is 79.9. The molecule has 0 fully saturated rings. The van der Waals surface area contributed by atoms with Gasteiger partial charge in [-0.1, -0.05) is 15.9 Å². The molecule has 0 aliphatic heterocycles. The smallest absolute Gasteiger partial charge is 0.277 e. The zero-order valence-electron chi connectivity index (χ0n) is 15.9. The van der Waals surface area contributed by atoms with Crippen LogP contribution >= 0.6 is 15.9 Å². The van der Waals surface area contributed by atoms with E-state index < -0.39 is 23.1 Å². The number of anilines is 2. The molecule has 1 heterocycles. The molecule has 0 aliphatic rings. The normalized spacial score (nSPS) is 11.7. The first kappa shape index (κ1) is 21.2. The van der Waals surface area contributed by atoms with Crippen LogP contribution in [0.3, 0.4) is 0 Å². The van der Waals surface area contributed by atoms with Crippen LogP contribution in [0.15, 0.2) is 35.1 Å². The van der Waals surface area contributed by atoms with Crippen LogP contribution in [0.2, 0.25) is 0 Å². The van der Waals surface area contributed by atoms with Gasteiger partial charge < -0.3 is 15.0 Å². The number of carbonyl (C=O) groups excluding carboxylic acids is 1. The molecule has 1 aromatic heterocycles. The van der Waals surface area contributed by atoms with E-state index >= 15 is 4.39 Å². The molecule has 0 spiro atoms. The summed E-state index contributed by atoms with van der Waals surface area (Å²) in [4.78, 5) is 21.9. The molecule has 154 valence electrons. The third-order valence-corrected chi connectivity index (χ3v) is 4.69. The quantitative estimate of drug-likeness (QED) is 0.479. The van der Waals surface area contributed by atoms with E-state index in [1.54, 1.807) is 31.5 Å². The Morgan fingerprint density at radius 3 is 2.72 bits per heavy atom. The van der Waals surface area contributed by atoms with E-state index in [1.807, 2.05) is 0 Å². The van der Waals surface area contributed by atoms with Crippen molar-refractivity contribution in [2.75, 3.05) is 11.9 Å². The van der Waals surface area contributed by atoms with E-state index in [2.05, 4.69) is 31.7 Å². The average Bonchev–Trinajstić information content (AvgIpc) is 3.05. The number of amides is 1. The number of aliphatic hydroxyl groups excluding tert-OH is 1. The molecule has 3 rings (SSSR count). The number of hydrogen-bond donors (Lipinski definition) is 3. The molecule has 0 unspecified atom stereocenters. The minimum atomic E-state index is -1.05. The predicted octanol–water partition coefficient (Wildman–Crippen LogP) is 3.79. The molecule has 29 heavy (non-hydrogen) atoms. The van der Waals surface area contributed by atoms with Gasteiger partial charge in [-0.15, -0.1) is 0 Å². The lowest BCUT2D eigenvalue weighted by Gasteiger charge is -2.22. The average molecular weight is 469 g/mol. The Balaban J connectivity index is 2.07. The number of hydroxylamine groups is 1. The van der Waals surface area contributed by atoms with Crippen molar-refractivity contribution in [1.29, 1.82) is 0 Å². The maximum atomic E-state index is 15.2. The lowest BCUT2D eigenvalue weighted by molar-refractivity contribution is -0.0956. The van der Waals surface area contributed by atoms with Crippen molar-refractivity contribution in [3.8, 4) is 0 Å². The fourth-order valence-corrected chi connectivity index (χ4v) is 2.86. The monoisotopic (exact) mass is 468 g/mol. The van der Waals surface area contributed by atoms with Crippen molar-refractivity contribution < 1.29 is 23.5 Å². The number of carbonyl (C=O) groups is 1. The van der Waals surface area contributed by atoms with Gasteiger partial charge in [0.05, 0.1) is 35.4 Å². The predicted molar refractivity (Wildman–Crippen MR) is 108 cm³/mol. The van der Waals surface area contributed by atoms with E-state index in [0.29, 0.717) is 9.99 Å². The number of fused-ring (bicyclic) bond motifs is 1. The van der Waals surface area contributed by atoms with Crippen LogP contribution in [0, 0.1) is 11.6 Å². The molecule has 0 saturated carbocycles. The van der Waals surface area contributed by atoms with Gasteiger partial charge in [0.15, 0.2) is 5.82 Å². The number of benzene rings is 2. The van der Waals surface area contributed by atoms with Gasteiger partial charge in [0.2, 0.25) is 0 Å². The second-order valence-electron chi connectivity index (χ2n) is 7.04. The van der Waals surface area contributed by atoms with Gasteiger partial charge in [-0.3, -0.25) is 9.63 Å². The van der Waals surface area contributed by atoms with Crippen LogP contribution in [-0.2, 0) is 11.9 Å². The number of hydrogen-bond acceptors (Lipinski definition) is 5. The summed E-state index contributed by atoms with van der Waals surface area (Å²) in [6.45, 7) is 2.78. The summed E-state index contributed by atoms with van der Waals surface area (Å²) in [5.41, 5.74) is 1.18. The lowest BCUT2D eigenvalue weighted by atomic mass is 10.1. The summed E-state index contributed by atoms with van der Waals surface area (Å²) in [6.07, 6.45) is 1.41. The fraction of sp³-hybridized carbons (Fsp3) is 0.263. The van der Waals surface area contributed by atoms with Gasteiger partial charge in [0.1, 0.15) is 16.9 Å². The SMILES string of the molecule is Cn1cnc2c(F)c(Nc3ccc(Br)cc3F)c(C(=O)NOC(C)(C)CO)cc21. The summed E-state index contributed by atoms with van der Waals surface area (Å²) in [7, 11) is 1.66. The maximum absolute atomic E-state index is 15.2. The van der Waals surface area contributed by atoms with Gasteiger partial charge in [0.25, 0.3) is 5.91 Å². The van der Waals surface area contributed by atoms with Crippen molar-refractivity contribution in [3.05, 3.63) is 52.3 Å². The number of imidazole rings is 1. The first-order valence-electron chi connectivity index (χ1n) is 8.58. The van der Waals surface area contributed by atoms with Crippen molar-refractivity contribution in [2.45, 2.75) is 19.4 Å². The van der Waals surface area contributed by atoms with E-state index in [4.69, 9.17) is 4.84 Å². The number of aliphatic hydroxyl groups is 1. The standard InChI is InChI=1S/C19H19BrF2N4O3/c1-19(2,8-27)29-25-18(28)11-7-14-17(23-9-26(14)3)15(22)16(11)24-13-5-4-10(20)6-12(13)21/h4-7,9,24,27H,8H2,1-3H3,(H,25,28). The molecule has 7 nitrogen and oxygen atoms in total. The molecule has 3 N–H and O–H groups in total. The highest BCUT2D eigenvalue weighted by Crippen LogP contribution is 2.32. The van der Waals surface area contributed by atoms with E-state index in [9.17, 15) is 14.3 Å². The Labute approximate surface area is 173 Å².